The second kappa shape index (κ2) is 2.80. The number of ether oxygens (including phenoxy) is 1. The Balaban J connectivity index is 2.73. The molecule has 2 nitrogen and oxygen atoms in total. The summed E-state index contributed by atoms with van der Waals surface area (Å²) in [5, 5.41) is 1.10. The van der Waals surface area contributed by atoms with Gasteiger partial charge in [0.2, 0.25) is 0 Å². The van der Waals surface area contributed by atoms with E-state index in [0.717, 1.165) is 6.54 Å². The van der Waals surface area contributed by atoms with E-state index in [0.29, 0.717) is 10.2 Å². The number of rotatable bonds is 1. The molecule has 1 unspecified atom stereocenters. The Morgan fingerprint density at radius 1 is 1.60 bits per heavy atom. The average Bonchev–Trinajstić information content (AvgIpc) is 2.09. The standard InChI is InChI=1S/C6H9NOS2/c1-3-7-4(2)5(9)8-6(7)10/h4H,3H2,1-2H3. The van der Waals surface area contributed by atoms with Crippen LogP contribution < -0.4 is 0 Å². The van der Waals surface area contributed by atoms with Crippen molar-refractivity contribution in [3.05, 3.63) is 0 Å². The van der Waals surface area contributed by atoms with E-state index >= 15 is 0 Å². The van der Waals surface area contributed by atoms with Gasteiger partial charge in [0.25, 0.3) is 5.17 Å². The fourth-order valence-electron chi connectivity index (χ4n) is 0.918. The Hall–Kier alpha value is -0.220. The molecular weight excluding hydrogens is 166 g/mol. The van der Waals surface area contributed by atoms with E-state index < -0.39 is 0 Å². The molecule has 1 aliphatic heterocycles. The number of thiocarbonyl (C=S) groups is 2. The highest BCUT2D eigenvalue weighted by Gasteiger charge is 2.29. The number of hydrogen-bond acceptors (Lipinski definition) is 3. The molecular formula is C6H9NOS2. The first-order valence-corrected chi connectivity index (χ1v) is 4.00. The molecule has 10 heavy (non-hydrogen) atoms. The van der Waals surface area contributed by atoms with Crippen LogP contribution in [0.2, 0.25) is 0 Å². The van der Waals surface area contributed by atoms with E-state index in [2.05, 4.69) is 0 Å². The molecule has 1 aliphatic rings. The van der Waals surface area contributed by atoms with E-state index in [1.165, 1.54) is 0 Å². The predicted octanol–water partition coefficient (Wildman–Crippen LogP) is 1.34. The Morgan fingerprint density at radius 2 is 2.20 bits per heavy atom. The molecule has 0 saturated carbocycles. The number of likely N-dealkylation sites (N-methyl/N-ethyl adjacent to an activating group) is 1. The molecule has 1 heterocycles. The van der Waals surface area contributed by atoms with Gasteiger partial charge in [-0.3, -0.25) is 0 Å². The molecule has 0 aromatic heterocycles. The van der Waals surface area contributed by atoms with Crippen LogP contribution in [0, 0.1) is 0 Å². The van der Waals surface area contributed by atoms with Crippen molar-refractivity contribution in [3.8, 4) is 0 Å². The lowest BCUT2D eigenvalue weighted by molar-refractivity contribution is 0.421. The minimum Gasteiger partial charge on any atom is -0.422 e. The minimum absolute atomic E-state index is 0.174. The molecule has 0 spiro atoms. The third-order valence-electron chi connectivity index (χ3n) is 1.57. The predicted molar refractivity (Wildman–Crippen MR) is 48.1 cm³/mol. The van der Waals surface area contributed by atoms with Gasteiger partial charge in [0.05, 0.1) is 6.04 Å². The summed E-state index contributed by atoms with van der Waals surface area (Å²) in [5.41, 5.74) is 0. The molecule has 0 bridgehead atoms. The van der Waals surface area contributed by atoms with Crippen LogP contribution in [0.1, 0.15) is 13.8 Å². The maximum atomic E-state index is 5.07. The van der Waals surface area contributed by atoms with E-state index in [1.807, 2.05) is 18.7 Å². The van der Waals surface area contributed by atoms with Crippen molar-refractivity contribution >= 4 is 34.7 Å². The van der Waals surface area contributed by atoms with Gasteiger partial charge in [0.1, 0.15) is 0 Å². The van der Waals surface area contributed by atoms with Gasteiger partial charge in [-0.1, -0.05) is 0 Å². The molecule has 56 valence electrons. The fraction of sp³-hybridized carbons (Fsp3) is 0.667. The van der Waals surface area contributed by atoms with Crippen LogP contribution in [0.3, 0.4) is 0 Å². The van der Waals surface area contributed by atoms with Crippen LogP contribution in [-0.2, 0) is 4.74 Å². The first kappa shape index (κ1) is 7.88. The van der Waals surface area contributed by atoms with Crippen LogP contribution in [0.5, 0.6) is 0 Å². The van der Waals surface area contributed by atoms with Crippen LogP contribution in [0.4, 0.5) is 0 Å². The lowest BCUT2D eigenvalue weighted by atomic mass is 10.3. The van der Waals surface area contributed by atoms with Crippen molar-refractivity contribution in [2.45, 2.75) is 19.9 Å². The summed E-state index contributed by atoms with van der Waals surface area (Å²) in [5.74, 6) is 0. The molecule has 1 atom stereocenters. The Labute approximate surface area is 71.1 Å². The molecule has 0 amide bonds. The quantitative estimate of drug-likeness (QED) is 0.557. The van der Waals surface area contributed by atoms with Crippen LogP contribution in [0.25, 0.3) is 0 Å². The normalized spacial score (nSPS) is 25.4. The fourth-order valence-corrected chi connectivity index (χ4v) is 1.55. The van der Waals surface area contributed by atoms with Gasteiger partial charge in [0, 0.05) is 6.54 Å². The summed E-state index contributed by atoms with van der Waals surface area (Å²) in [6.45, 7) is 4.88. The lowest BCUT2D eigenvalue weighted by Crippen LogP contribution is -2.31. The Kier molecular flexibility index (Phi) is 2.21. The van der Waals surface area contributed by atoms with Crippen molar-refractivity contribution in [1.82, 2.24) is 4.90 Å². The van der Waals surface area contributed by atoms with Crippen molar-refractivity contribution < 1.29 is 4.74 Å². The zero-order valence-corrected chi connectivity index (χ0v) is 7.59. The smallest absolute Gasteiger partial charge is 0.266 e. The molecule has 1 fully saturated rings. The molecule has 0 aliphatic carbocycles. The maximum Gasteiger partial charge on any atom is 0.266 e. The Morgan fingerprint density at radius 3 is 2.40 bits per heavy atom. The van der Waals surface area contributed by atoms with Gasteiger partial charge < -0.3 is 9.64 Å². The minimum atomic E-state index is 0.174. The summed E-state index contributed by atoms with van der Waals surface area (Å²) >= 11 is 9.82. The van der Waals surface area contributed by atoms with Crippen LogP contribution in [0.15, 0.2) is 0 Å². The number of nitrogens with zero attached hydrogens (tertiary/aromatic N) is 1. The number of hydrogen-bond donors (Lipinski definition) is 0. The monoisotopic (exact) mass is 175 g/mol. The third-order valence-corrected chi connectivity index (χ3v) is 2.31. The average molecular weight is 175 g/mol. The summed E-state index contributed by atoms with van der Waals surface area (Å²) in [4.78, 5) is 1.96. The van der Waals surface area contributed by atoms with Crippen LogP contribution >= 0.6 is 24.4 Å². The van der Waals surface area contributed by atoms with Gasteiger partial charge in [-0.05, 0) is 38.3 Å². The first-order valence-electron chi connectivity index (χ1n) is 3.19. The molecule has 4 heteroatoms. The maximum absolute atomic E-state index is 5.07. The largest absolute Gasteiger partial charge is 0.422 e. The molecule has 0 radical (unpaired) electrons. The summed E-state index contributed by atoms with van der Waals surface area (Å²) in [6, 6.07) is 0.174. The lowest BCUT2D eigenvalue weighted by Gasteiger charge is -2.15. The highest BCUT2D eigenvalue weighted by molar-refractivity contribution is 7.81. The van der Waals surface area contributed by atoms with Gasteiger partial charge in [0.15, 0.2) is 5.05 Å². The highest BCUT2D eigenvalue weighted by atomic mass is 32.1. The van der Waals surface area contributed by atoms with Crippen molar-refractivity contribution in [3.63, 3.8) is 0 Å². The van der Waals surface area contributed by atoms with Crippen molar-refractivity contribution in [2.24, 2.45) is 0 Å². The van der Waals surface area contributed by atoms with Crippen molar-refractivity contribution in [2.75, 3.05) is 6.54 Å². The van der Waals surface area contributed by atoms with Gasteiger partial charge in [-0.25, -0.2) is 0 Å². The first-order chi connectivity index (χ1) is 4.66. The van der Waals surface area contributed by atoms with E-state index in [9.17, 15) is 0 Å². The zero-order chi connectivity index (χ0) is 7.72. The molecule has 0 aromatic carbocycles. The SMILES string of the molecule is CCN1C(=S)OC(=S)C1C. The third kappa shape index (κ3) is 1.13. The Bertz CT molecular complexity index is 181. The topological polar surface area (TPSA) is 12.5 Å². The molecule has 1 rings (SSSR count). The highest BCUT2D eigenvalue weighted by Crippen LogP contribution is 2.13. The van der Waals surface area contributed by atoms with Gasteiger partial charge >= 0.3 is 0 Å². The van der Waals surface area contributed by atoms with Crippen molar-refractivity contribution in [1.29, 1.82) is 0 Å². The van der Waals surface area contributed by atoms with E-state index in [4.69, 9.17) is 29.2 Å². The van der Waals surface area contributed by atoms with Crippen LogP contribution in [-0.4, -0.2) is 27.7 Å². The van der Waals surface area contributed by atoms with Gasteiger partial charge in [-0.15, -0.1) is 0 Å². The molecule has 0 aromatic rings. The molecule has 1 saturated heterocycles. The summed E-state index contributed by atoms with van der Waals surface area (Å²) in [7, 11) is 0. The molecule has 0 N–H and O–H groups in total. The van der Waals surface area contributed by atoms with E-state index in [-0.39, 0.29) is 6.04 Å². The van der Waals surface area contributed by atoms with Gasteiger partial charge in [-0.2, -0.15) is 0 Å². The summed E-state index contributed by atoms with van der Waals surface area (Å²) < 4.78 is 5.07. The van der Waals surface area contributed by atoms with E-state index in [1.54, 1.807) is 0 Å². The summed E-state index contributed by atoms with van der Waals surface area (Å²) in [6.07, 6.45) is 0. The second-order valence-corrected chi connectivity index (χ2v) is 2.90. The second-order valence-electron chi connectivity index (χ2n) is 2.15. The zero-order valence-electron chi connectivity index (χ0n) is 5.96.